The molecule has 0 aliphatic carbocycles. The third kappa shape index (κ3) is 4.57. The molecule has 2 N–H and O–H groups in total. The summed E-state index contributed by atoms with van der Waals surface area (Å²) in [6, 6.07) is 6.54. The molecule has 25 heavy (non-hydrogen) atoms. The number of carbonyl (C=O) groups is 3. The Labute approximate surface area is 148 Å². The molecule has 0 fully saturated rings. The molecule has 7 heteroatoms. The van der Waals surface area contributed by atoms with Crippen LogP contribution in [0.1, 0.15) is 31.4 Å². The first-order chi connectivity index (χ1) is 12.0. The molecule has 3 amide bonds. The van der Waals surface area contributed by atoms with E-state index in [0.717, 1.165) is 30.6 Å². The van der Waals surface area contributed by atoms with E-state index in [2.05, 4.69) is 10.6 Å². The number of rotatable bonds is 7. The predicted molar refractivity (Wildman–Crippen MR) is 96.2 cm³/mol. The lowest BCUT2D eigenvalue weighted by molar-refractivity contribution is -0.140. The van der Waals surface area contributed by atoms with Crippen molar-refractivity contribution in [2.45, 2.75) is 25.8 Å². The summed E-state index contributed by atoms with van der Waals surface area (Å²) in [6.45, 7) is 3.81. The normalized spacial score (nSPS) is 16.1. The van der Waals surface area contributed by atoms with E-state index in [1.807, 2.05) is 50.2 Å². The van der Waals surface area contributed by atoms with Crippen molar-refractivity contribution < 1.29 is 14.4 Å². The van der Waals surface area contributed by atoms with Crippen LogP contribution in [0.3, 0.4) is 0 Å². The molecule has 2 rings (SSSR count). The van der Waals surface area contributed by atoms with Crippen LogP contribution in [0, 0.1) is 0 Å². The molecule has 0 saturated carbocycles. The molecule has 0 aromatic heterocycles. The highest BCUT2D eigenvalue weighted by molar-refractivity contribution is 6.35. The van der Waals surface area contributed by atoms with Gasteiger partial charge < -0.3 is 20.4 Å². The van der Waals surface area contributed by atoms with Gasteiger partial charge >= 0.3 is 11.8 Å². The standard InChI is InChI=1S/C18H26N4O3/c1-4-11-22-14-9-6-5-8-13(14)15(18(22)25)20-17(24)16(23)19-10-7-12-21(2)3/h5-6,8-9,15H,4,7,10-12H2,1-3H3,(H,19,23)(H,20,24)/t15-/m1/s1. The lowest BCUT2D eigenvalue weighted by atomic mass is 10.1. The van der Waals surface area contributed by atoms with Gasteiger partial charge in [-0.3, -0.25) is 14.4 Å². The fraction of sp³-hybridized carbons (Fsp3) is 0.500. The van der Waals surface area contributed by atoms with Gasteiger partial charge in [-0.15, -0.1) is 0 Å². The van der Waals surface area contributed by atoms with E-state index in [1.165, 1.54) is 0 Å². The summed E-state index contributed by atoms with van der Waals surface area (Å²) in [4.78, 5) is 40.4. The van der Waals surface area contributed by atoms with Crippen molar-refractivity contribution >= 4 is 23.4 Å². The molecular formula is C18H26N4O3. The van der Waals surface area contributed by atoms with Crippen molar-refractivity contribution in [3.8, 4) is 0 Å². The first-order valence-corrected chi connectivity index (χ1v) is 8.59. The number of nitrogens with one attached hydrogen (secondary N) is 2. The van der Waals surface area contributed by atoms with Gasteiger partial charge in [-0.25, -0.2) is 0 Å². The number of nitrogens with zero attached hydrogens (tertiary/aromatic N) is 2. The number of para-hydroxylation sites is 1. The van der Waals surface area contributed by atoms with E-state index >= 15 is 0 Å². The summed E-state index contributed by atoms with van der Waals surface area (Å²) in [6.07, 6.45) is 1.56. The SMILES string of the molecule is CCCN1C(=O)[C@H](NC(=O)C(=O)NCCCN(C)C)c2ccccc21. The van der Waals surface area contributed by atoms with Crippen LogP contribution in [-0.4, -0.2) is 56.4 Å². The molecule has 1 aliphatic heterocycles. The van der Waals surface area contributed by atoms with Crippen LogP contribution in [0.5, 0.6) is 0 Å². The Bertz CT molecular complexity index is 645. The fourth-order valence-corrected chi connectivity index (χ4v) is 2.85. The van der Waals surface area contributed by atoms with Gasteiger partial charge in [0.15, 0.2) is 0 Å². The number of anilines is 1. The Kier molecular flexibility index (Phi) is 6.52. The fourth-order valence-electron chi connectivity index (χ4n) is 2.85. The third-order valence-corrected chi connectivity index (χ3v) is 4.05. The van der Waals surface area contributed by atoms with Gasteiger partial charge in [-0.1, -0.05) is 25.1 Å². The zero-order chi connectivity index (χ0) is 18.4. The molecule has 0 unspecified atom stereocenters. The van der Waals surface area contributed by atoms with Gasteiger partial charge in [0.25, 0.3) is 5.91 Å². The molecule has 1 aliphatic rings. The monoisotopic (exact) mass is 346 g/mol. The van der Waals surface area contributed by atoms with Crippen molar-refractivity contribution in [1.82, 2.24) is 15.5 Å². The predicted octanol–water partition coefficient (Wildman–Crippen LogP) is 0.668. The van der Waals surface area contributed by atoms with Crippen molar-refractivity contribution in [1.29, 1.82) is 0 Å². The molecule has 0 saturated heterocycles. The molecule has 0 radical (unpaired) electrons. The molecule has 0 bridgehead atoms. The lowest BCUT2D eigenvalue weighted by Crippen LogP contribution is -2.45. The molecule has 1 heterocycles. The average Bonchev–Trinajstić information content (AvgIpc) is 2.84. The molecule has 0 spiro atoms. The van der Waals surface area contributed by atoms with E-state index in [-0.39, 0.29) is 5.91 Å². The molecule has 1 aromatic rings. The van der Waals surface area contributed by atoms with E-state index in [4.69, 9.17) is 0 Å². The quantitative estimate of drug-likeness (QED) is 0.562. The highest BCUT2D eigenvalue weighted by atomic mass is 16.2. The largest absolute Gasteiger partial charge is 0.348 e. The highest BCUT2D eigenvalue weighted by Gasteiger charge is 2.38. The van der Waals surface area contributed by atoms with E-state index < -0.39 is 17.9 Å². The van der Waals surface area contributed by atoms with Gasteiger partial charge in [-0.2, -0.15) is 0 Å². The highest BCUT2D eigenvalue weighted by Crippen LogP contribution is 2.35. The zero-order valence-corrected chi connectivity index (χ0v) is 15.0. The van der Waals surface area contributed by atoms with E-state index in [9.17, 15) is 14.4 Å². The maximum Gasteiger partial charge on any atom is 0.310 e. The zero-order valence-electron chi connectivity index (χ0n) is 15.0. The van der Waals surface area contributed by atoms with Crippen molar-refractivity contribution in [3.05, 3.63) is 29.8 Å². The number of hydrogen-bond acceptors (Lipinski definition) is 4. The van der Waals surface area contributed by atoms with Crippen LogP contribution in [0.4, 0.5) is 5.69 Å². The minimum Gasteiger partial charge on any atom is -0.348 e. The van der Waals surface area contributed by atoms with Crippen molar-refractivity contribution in [2.75, 3.05) is 38.6 Å². The molecule has 136 valence electrons. The van der Waals surface area contributed by atoms with E-state index in [1.54, 1.807) is 4.90 Å². The Hall–Kier alpha value is -2.41. The summed E-state index contributed by atoms with van der Waals surface area (Å²) >= 11 is 0. The Balaban J connectivity index is 1.98. The number of carbonyl (C=O) groups excluding carboxylic acids is 3. The second-order valence-corrected chi connectivity index (χ2v) is 6.37. The first-order valence-electron chi connectivity index (χ1n) is 8.59. The summed E-state index contributed by atoms with van der Waals surface area (Å²) in [5.41, 5.74) is 1.53. The first kappa shape index (κ1) is 18.9. The molecular weight excluding hydrogens is 320 g/mol. The number of amides is 3. The minimum atomic E-state index is -0.803. The van der Waals surface area contributed by atoms with Crippen LogP contribution in [0.15, 0.2) is 24.3 Å². The molecule has 1 atom stereocenters. The summed E-state index contributed by atoms with van der Waals surface area (Å²) in [7, 11) is 3.89. The van der Waals surface area contributed by atoms with E-state index in [0.29, 0.717) is 13.1 Å². The van der Waals surface area contributed by atoms with Crippen molar-refractivity contribution in [2.24, 2.45) is 0 Å². The Morgan fingerprint density at radius 3 is 2.60 bits per heavy atom. The summed E-state index contributed by atoms with van der Waals surface area (Å²) in [5, 5.41) is 5.15. The van der Waals surface area contributed by atoms with Crippen molar-refractivity contribution in [3.63, 3.8) is 0 Å². The summed E-state index contributed by atoms with van der Waals surface area (Å²) in [5.74, 6) is -1.69. The topological polar surface area (TPSA) is 81.8 Å². The minimum absolute atomic E-state index is 0.197. The second kappa shape index (κ2) is 8.62. The summed E-state index contributed by atoms with van der Waals surface area (Å²) < 4.78 is 0. The lowest BCUT2D eigenvalue weighted by Gasteiger charge is -2.17. The molecule has 7 nitrogen and oxygen atoms in total. The third-order valence-electron chi connectivity index (χ3n) is 4.05. The second-order valence-electron chi connectivity index (χ2n) is 6.37. The maximum absolute atomic E-state index is 12.6. The van der Waals surface area contributed by atoms with Crippen LogP contribution < -0.4 is 15.5 Å². The van der Waals surface area contributed by atoms with Crippen LogP contribution in [-0.2, 0) is 14.4 Å². The maximum atomic E-state index is 12.6. The van der Waals surface area contributed by atoms with Crippen LogP contribution >= 0.6 is 0 Å². The number of benzene rings is 1. The van der Waals surface area contributed by atoms with Gasteiger partial charge in [0.05, 0.1) is 0 Å². The average molecular weight is 346 g/mol. The van der Waals surface area contributed by atoms with Crippen LogP contribution in [0.25, 0.3) is 0 Å². The number of fused-ring (bicyclic) bond motifs is 1. The van der Waals surface area contributed by atoms with Crippen LogP contribution in [0.2, 0.25) is 0 Å². The smallest absolute Gasteiger partial charge is 0.310 e. The van der Waals surface area contributed by atoms with Gasteiger partial charge in [0, 0.05) is 24.3 Å². The Morgan fingerprint density at radius 2 is 1.92 bits per heavy atom. The van der Waals surface area contributed by atoms with Gasteiger partial charge in [0.1, 0.15) is 6.04 Å². The van der Waals surface area contributed by atoms with Gasteiger partial charge in [-0.05, 0) is 39.5 Å². The molecule has 1 aromatic carbocycles. The number of hydrogen-bond donors (Lipinski definition) is 2. The Morgan fingerprint density at radius 1 is 1.20 bits per heavy atom. The van der Waals surface area contributed by atoms with Gasteiger partial charge in [0.2, 0.25) is 0 Å².